The Morgan fingerprint density at radius 2 is 2.64 bits per heavy atom. The zero-order chi connectivity index (χ0) is 10.9. The number of likely N-dealkylation sites (tertiary alicyclic amines) is 1. The predicted molar refractivity (Wildman–Crippen MR) is 39.4 cm³/mol. The SMILES string of the molecule is [2H]C([2H])([2H])[C@@H]1C[C@@H](CO)N(C(=O)O)C1. The van der Waals surface area contributed by atoms with Crippen molar-refractivity contribution in [3.05, 3.63) is 0 Å². The molecule has 0 aromatic rings. The van der Waals surface area contributed by atoms with Gasteiger partial charge in [0.2, 0.25) is 0 Å². The van der Waals surface area contributed by atoms with Gasteiger partial charge in [-0.15, -0.1) is 0 Å². The maximum Gasteiger partial charge on any atom is 0.407 e. The summed E-state index contributed by atoms with van der Waals surface area (Å²) >= 11 is 0. The van der Waals surface area contributed by atoms with E-state index in [2.05, 4.69) is 0 Å². The summed E-state index contributed by atoms with van der Waals surface area (Å²) in [5, 5.41) is 17.6. The summed E-state index contributed by atoms with van der Waals surface area (Å²) < 4.78 is 21.5. The van der Waals surface area contributed by atoms with Gasteiger partial charge in [0.15, 0.2) is 0 Å². The first-order valence-electron chi connectivity index (χ1n) is 4.96. The van der Waals surface area contributed by atoms with E-state index in [9.17, 15) is 4.79 Å². The van der Waals surface area contributed by atoms with E-state index in [-0.39, 0.29) is 19.6 Å². The Bertz CT molecular complexity index is 231. The van der Waals surface area contributed by atoms with Crippen LogP contribution in [0.15, 0.2) is 0 Å². The van der Waals surface area contributed by atoms with Gasteiger partial charge in [-0.3, -0.25) is 0 Å². The molecule has 1 amide bonds. The van der Waals surface area contributed by atoms with Crippen molar-refractivity contribution >= 4 is 6.09 Å². The van der Waals surface area contributed by atoms with E-state index in [0.717, 1.165) is 4.90 Å². The molecule has 0 unspecified atom stereocenters. The monoisotopic (exact) mass is 162 g/mol. The Morgan fingerprint density at radius 1 is 1.91 bits per heavy atom. The van der Waals surface area contributed by atoms with E-state index >= 15 is 0 Å². The number of amides is 1. The molecule has 0 aromatic carbocycles. The zero-order valence-electron chi connectivity index (χ0n) is 9.03. The number of carboxylic acid groups (broad SMARTS) is 1. The fraction of sp³-hybridized carbons (Fsp3) is 0.857. The summed E-state index contributed by atoms with van der Waals surface area (Å²) in [6.45, 7) is -2.48. The van der Waals surface area contributed by atoms with Gasteiger partial charge in [-0.2, -0.15) is 0 Å². The first kappa shape index (κ1) is 4.98. The van der Waals surface area contributed by atoms with Gasteiger partial charge in [-0.1, -0.05) is 6.85 Å². The Balaban J connectivity index is 2.70. The molecule has 0 bridgehead atoms. The lowest BCUT2D eigenvalue weighted by molar-refractivity contribution is 0.118. The molecule has 0 aliphatic carbocycles. The van der Waals surface area contributed by atoms with Crippen LogP contribution in [0, 0.1) is 5.92 Å². The van der Waals surface area contributed by atoms with Gasteiger partial charge in [-0.25, -0.2) is 4.79 Å². The number of aliphatic hydroxyl groups excluding tert-OH is 1. The highest BCUT2D eigenvalue weighted by atomic mass is 16.4. The van der Waals surface area contributed by atoms with Crippen LogP contribution in [0.5, 0.6) is 0 Å². The fourth-order valence-electron chi connectivity index (χ4n) is 1.32. The molecule has 0 saturated carbocycles. The molecule has 11 heavy (non-hydrogen) atoms. The number of aliphatic hydroxyl groups is 1. The highest BCUT2D eigenvalue weighted by Crippen LogP contribution is 2.21. The van der Waals surface area contributed by atoms with Crippen LogP contribution in [0.25, 0.3) is 0 Å². The first-order chi connectivity index (χ1) is 6.36. The van der Waals surface area contributed by atoms with Gasteiger partial charge in [0, 0.05) is 10.7 Å². The van der Waals surface area contributed by atoms with Gasteiger partial charge in [0.25, 0.3) is 0 Å². The third-order valence-electron chi connectivity index (χ3n) is 1.87. The summed E-state index contributed by atoms with van der Waals surface area (Å²) in [6.07, 6.45) is -0.963. The number of carbonyl (C=O) groups is 1. The van der Waals surface area contributed by atoms with Gasteiger partial charge in [0.1, 0.15) is 0 Å². The summed E-state index contributed by atoms with van der Waals surface area (Å²) in [4.78, 5) is 11.7. The Labute approximate surface area is 69.6 Å². The van der Waals surface area contributed by atoms with Crippen LogP contribution in [-0.4, -0.2) is 40.4 Å². The van der Waals surface area contributed by atoms with Crippen molar-refractivity contribution in [1.29, 1.82) is 0 Å². The van der Waals surface area contributed by atoms with E-state index < -0.39 is 24.9 Å². The summed E-state index contributed by atoms with van der Waals surface area (Å²) in [5.41, 5.74) is 0. The zero-order valence-corrected chi connectivity index (χ0v) is 6.03. The molecular weight excluding hydrogens is 146 g/mol. The van der Waals surface area contributed by atoms with E-state index in [0.29, 0.717) is 0 Å². The molecule has 4 heteroatoms. The minimum Gasteiger partial charge on any atom is -0.465 e. The third-order valence-corrected chi connectivity index (χ3v) is 1.87. The van der Waals surface area contributed by atoms with Crippen molar-refractivity contribution in [1.82, 2.24) is 4.90 Å². The van der Waals surface area contributed by atoms with Crippen LogP contribution < -0.4 is 0 Å². The summed E-state index contributed by atoms with van der Waals surface area (Å²) in [6, 6.07) is -0.571. The van der Waals surface area contributed by atoms with Crippen molar-refractivity contribution in [3.8, 4) is 0 Å². The normalized spacial score (nSPS) is 36.1. The standard InChI is InChI=1S/C7H13NO3/c1-5-2-6(4-9)8(3-5)7(10)11/h5-6,9H,2-4H2,1H3,(H,10,11)/t5-,6+/m1/s1/i1D3. The second-order valence-electron chi connectivity index (χ2n) is 2.70. The molecule has 1 fully saturated rings. The van der Waals surface area contributed by atoms with Crippen LogP contribution in [0.2, 0.25) is 0 Å². The van der Waals surface area contributed by atoms with Crippen molar-refractivity contribution in [2.45, 2.75) is 19.3 Å². The lowest BCUT2D eigenvalue weighted by Crippen LogP contribution is -2.36. The molecular formula is C7H13NO3. The quantitative estimate of drug-likeness (QED) is 0.585. The molecule has 4 nitrogen and oxygen atoms in total. The van der Waals surface area contributed by atoms with E-state index in [1.54, 1.807) is 0 Å². The van der Waals surface area contributed by atoms with Crippen molar-refractivity contribution in [3.63, 3.8) is 0 Å². The van der Waals surface area contributed by atoms with Crippen LogP contribution in [-0.2, 0) is 0 Å². The average Bonchev–Trinajstić information content (AvgIpc) is 2.45. The van der Waals surface area contributed by atoms with E-state index in [1.165, 1.54) is 0 Å². The molecule has 1 saturated heterocycles. The molecule has 1 heterocycles. The molecule has 0 spiro atoms. The molecule has 0 radical (unpaired) electrons. The topological polar surface area (TPSA) is 60.8 Å². The minimum absolute atomic E-state index is 0.0168. The Kier molecular flexibility index (Phi) is 1.40. The highest BCUT2D eigenvalue weighted by Gasteiger charge is 2.32. The second kappa shape index (κ2) is 3.09. The largest absolute Gasteiger partial charge is 0.465 e. The van der Waals surface area contributed by atoms with Crippen LogP contribution in [0.4, 0.5) is 4.79 Å². The molecule has 64 valence electrons. The smallest absolute Gasteiger partial charge is 0.407 e. The lowest BCUT2D eigenvalue weighted by atomic mass is 10.1. The lowest BCUT2D eigenvalue weighted by Gasteiger charge is -2.18. The molecule has 1 aliphatic rings. The van der Waals surface area contributed by atoms with Crippen LogP contribution in [0.3, 0.4) is 0 Å². The average molecular weight is 162 g/mol. The van der Waals surface area contributed by atoms with Crippen LogP contribution in [0.1, 0.15) is 17.4 Å². The second-order valence-corrected chi connectivity index (χ2v) is 2.70. The number of nitrogens with zero attached hydrogens (tertiary/aromatic N) is 1. The number of rotatable bonds is 1. The fourth-order valence-corrected chi connectivity index (χ4v) is 1.32. The van der Waals surface area contributed by atoms with E-state index in [1.807, 2.05) is 0 Å². The maximum atomic E-state index is 10.7. The van der Waals surface area contributed by atoms with E-state index in [4.69, 9.17) is 14.3 Å². The van der Waals surface area contributed by atoms with Crippen molar-refractivity contribution < 1.29 is 19.1 Å². The van der Waals surface area contributed by atoms with Gasteiger partial charge >= 0.3 is 6.09 Å². The number of hydrogen-bond donors (Lipinski definition) is 2. The Hall–Kier alpha value is -0.770. The molecule has 2 N–H and O–H groups in total. The van der Waals surface area contributed by atoms with Crippen molar-refractivity contribution in [2.24, 2.45) is 5.92 Å². The van der Waals surface area contributed by atoms with Gasteiger partial charge in [0.05, 0.1) is 12.6 Å². The minimum atomic E-state index is -2.14. The van der Waals surface area contributed by atoms with Gasteiger partial charge < -0.3 is 15.1 Å². The predicted octanol–water partition coefficient (Wildman–Crippen LogP) is 0.367. The summed E-state index contributed by atoms with van der Waals surface area (Å²) in [7, 11) is 0. The van der Waals surface area contributed by atoms with Crippen molar-refractivity contribution in [2.75, 3.05) is 13.2 Å². The third kappa shape index (κ3) is 1.63. The maximum absolute atomic E-state index is 10.7. The van der Waals surface area contributed by atoms with Crippen LogP contribution >= 0.6 is 0 Å². The highest BCUT2D eigenvalue weighted by molar-refractivity contribution is 5.65. The molecule has 0 aromatic heterocycles. The molecule has 2 atom stereocenters. The number of hydrogen-bond acceptors (Lipinski definition) is 2. The Morgan fingerprint density at radius 3 is 3.00 bits per heavy atom. The summed E-state index contributed by atoms with van der Waals surface area (Å²) in [5.74, 6) is -0.657. The molecule has 1 aliphatic heterocycles. The molecule has 1 rings (SSSR count). The van der Waals surface area contributed by atoms with Gasteiger partial charge in [-0.05, 0) is 12.3 Å². The first-order valence-corrected chi connectivity index (χ1v) is 3.46.